The van der Waals surface area contributed by atoms with Crippen LogP contribution in [0.2, 0.25) is 0 Å². The number of rotatable bonds is 7. The summed E-state index contributed by atoms with van der Waals surface area (Å²) < 4.78 is 13.1. The molecule has 4 aromatic rings. The van der Waals surface area contributed by atoms with Crippen LogP contribution in [0, 0.1) is 0 Å². The van der Waals surface area contributed by atoms with Gasteiger partial charge in [-0.2, -0.15) is 11.8 Å². The normalized spacial score (nSPS) is 12.1. The molecule has 0 saturated heterocycles. The molecule has 1 unspecified atom stereocenters. The summed E-state index contributed by atoms with van der Waals surface area (Å²) in [6.07, 6.45) is 5.59. The number of nitrogens with zero attached hydrogens (tertiary/aromatic N) is 2. The third kappa shape index (κ3) is 3.80. The number of ether oxygens (including phenoxy) is 1. The van der Waals surface area contributed by atoms with Crippen LogP contribution < -0.4 is 10.1 Å². The summed E-state index contributed by atoms with van der Waals surface area (Å²) in [6, 6.07) is 14.9. The van der Waals surface area contributed by atoms with E-state index in [4.69, 9.17) is 9.15 Å². The topological polar surface area (TPSA) is 69.3 Å². The van der Waals surface area contributed by atoms with Crippen LogP contribution in [0.25, 0.3) is 11.0 Å². The van der Waals surface area contributed by atoms with Gasteiger partial charge in [-0.05, 0) is 30.0 Å². The third-order valence-electron chi connectivity index (χ3n) is 5.03. The number of nitrogens with one attached hydrogen (secondary N) is 1. The van der Waals surface area contributed by atoms with Crippen LogP contribution in [0.15, 0.2) is 65.3 Å². The van der Waals surface area contributed by atoms with Crippen molar-refractivity contribution in [1.82, 2.24) is 14.9 Å². The first kappa shape index (κ1) is 20.1. The number of furan rings is 1. The van der Waals surface area contributed by atoms with Crippen molar-refractivity contribution in [2.45, 2.75) is 11.8 Å². The standard InChI is InChI=1S/C23H23N3O3S/c1-26-13-12-24-22(26)20(15-8-10-16(28-2)11-9-15)25-23(27)21-18(14-30-3)17-6-4-5-7-19(17)29-21/h4-13,20H,14H2,1-3H3,(H,25,27). The van der Waals surface area contributed by atoms with Crippen molar-refractivity contribution in [3.05, 3.63) is 83.6 Å². The van der Waals surface area contributed by atoms with Gasteiger partial charge in [0.05, 0.1) is 7.11 Å². The lowest BCUT2D eigenvalue weighted by molar-refractivity contribution is 0.0914. The Hall–Kier alpha value is -3.19. The van der Waals surface area contributed by atoms with E-state index in [9.17, 15) is 4.79 Å². The molecule has 0 aliphatic heterocycles. The number of thioether (sulfide) groups is 1. The molecular weight excluding hydrogens is 398 g/mol. The summed E-state index contributed by atoms with van der Waals surface area (Å²) in [4.78, 5) is 17.8. The maximum atomic E-state index is 13.3. The van der Waals surface area contributed by atoms with E-state index in [0.29, 0.717) is 17.1 Å². The molecule has 1 atom stereocenters. The molecule has 154 valence electrons. The molecule has 1 N–H and O–H groups in total. The molecule has 0 radical (unpaired) electrons. The minimum absolute atomic E-state index is 0.265. The van der Waals surface area contributed by atoms with E-state index in [-0.39, 0.29) is 5.91 Å². The molecular formula is C23H23N3O3S. The van der Waals surface area contributed by atoms with Crippen molar-refractivity contribution in [2.24, 2.45) is 7.05 Å². The summed E-state index contributed by atoms with van der Waals surface area (Å²) in [5, 5.41) is 4.09. The van der Waals surface area contributed by atoms with E-state index in [1.165, 1.54) is 0 Å². The molecule has 30 heavy (non-hydrogen) atoms. The molecule has 1 amide bonds. The fraction of sp³-hybridized carbons (Fsp3) is 0.217. The Balaban J connectivity index is 1.73. The number of amides is 1. The van der Waals surface area contributed by atoms with Gasteiger partial charge in [-0.15, -0.1) is 0 Å². The molecule has 0 aliphatic rings. The number of para-hydroxylation sites is 1. The van der Waals surface area contributed by atoms with E-state index in [1.807, 2.05) is 72.6 Å². The predicted octanol–water partition coefficient (Wildman–Crippen LogP) is 4.56. The Labute approximate surface area is 179 Å². The van der Waals surface area contributed by atoms with Crippen LogP contribution in [0.1, 0.15) is 33.5 Å². The first-order valence-electron chi connectivity index (χ1n) is 9.53. The molecule has 0 fully saturated rings. The SMILES string of the molecule is COc1ccc(C(NC(=O)c2oc3ccccc3c2CSC)c2nccn2C)cc1. The van der Waals surface area contributed by atoms with Gasteiger partial charge in [0.1, 0.15) is 23.2 Å². The second-order valence-corrected chi connectivity index (χ2v) is 7.78. The number of aryl methyl sites for hydroxylation is 1. The van der Waals surface area contributed by atoms with Crippen molar-refractivity contribution in [3.63, 3.8) is 0 Å². The Morgan fingerprint density at radius 2 is 2.00 bits per heavy atom. The highest BCUT2D eigenvalue weighted by Crippen LogP contribution is 2.30. The highest BCUT2D eigenvalue weighted by atomic mass is 32.2. The summed E-state index contributed by atoms with van der Waals surface area (Å²) in [7, 11) is 3.53. The lowest BCUT2D eigenvalue weighted by Crippen LogP contribution is -2.31. The summed E-state index contributed by atoms with van der Waals surface area (Å²) in [6.45, 7) is 0. The monoisotopic (exact) mass is 421 g/mol. The van der Waals surface area contributed by atoms with Crippen LogP contribution in [0.4, 0.5) is 0 Å². The smallest absolute Gasteiger partial charge is 0.288 e. The molecule has 2 aromatic heterocycles. The van der Waals surface area contributed by atoms with Gasteiger partial charge in [0, 0.05) is 36.1 Å². The minimum Gasteiger partial charge on any atom is -0.497 e. The van der Waals surface area contributed by atoms with Crippen LogP contribution in [-0.4, -0.2) is 28.8 Å². The largest absolute Gasteiger partial charge is 0.497 e. The number of carbonyl (C=O) groups is 1. The van der Waals surface area contributed by atoms with Crippen molar-refractivity contribution in [2.75, 3.05) is 13.4 Å². The van der Waals surface area contributed by atoms with Gasteiger partial charge < -0.3 is 19.0 Å². The molecule has 0 bridgehead atoms. The average molecular weight is 422 g/mol. The molecule has 2 aromatic carbocycles. The zero-order valence-electron chi connectivity index (χ0n) is 17.1. The van der Waals surface area contributed by atoms with Crippen molar-refractivity contribution in [3.8, 4) is 5.75 Å². The average Bonchev–Trinajstić information content (AvgIpc) is 3.36. The van der Waals surface area contributed by atoms with Crippen LogP contribution in [0.5, 0.6) is 5.75 Å². The van der Waals surface area contributed by atoms with Crippen molar-refractivity contribution in [1.29, 1.82) is 0 Å². The maximum Gasteiger partial charge on any atom is 0.288 e. The number of methoxy groups -OCH3 is 1. The second kappa shape index (κ2) is 8.67. The zero-order valence-corrected chi connectivity index (χ0v) is 17.9. The minimum atomic E-state index is -0.432. The van der Waals surface area contributed by atoms with Gasteiger partial charge in [-0.1, -0.05) is 30.3 Å². The Morgan fingerprint density at radius 3 is 2.67 bits per heavy atom. The van der Waals surface area contributed by atoms with Gasteiger partial charge in [-0.3, -0.25) is 4.79 Å². The highest BCUT2D eigenvalue weighted by Gasteiger charge is 2.26. The molecule has 2 heterocycles. The number of benzene rings is 2. The molecule has 6 nitrogen and oxygen atoms in total. The van der Waals surface area contributed by atoms with Gasteiger partial charge in [0.15, 0.2) is 5.76 Å². The summed E-state index contributed by atoms with van der Waals surface area (Å²) in [5.41, 5.74) is 2.52. The third-order valence-corrected chi connectivity index (χ3v) is 5.61. The Bertz CT molecular complexity index is 1160. The van der Waals surface area contributed by atoms with Gasteiger partial charge in [0.25, 0.3) is 5.91 Å². The predicted molar refractivity (Wildman–Crippen MR) is 119 cm³/mol. The van der Waals surface area contributed by atoms with Gasteiger partial charge in [0.2, 0.25) is 0 Å². The van der Waals surface area contributed by atoms with E-state index in [2.05, 4.69) is 10.3 Å². The molecule has 0 spiro atoms. The first-order chi connectivity index (χ1) is 14.6. The molecule has 0 aliphatic carbocycles. The second-order valence-electron chi connectivity index (χ2n) is 6.91. The zero-order chi connectivity index (χ0) is 21.1. The van der Waals surface area contributed by atoms with E-state index in [0.717, 1.165) is 28.1 Å². The number of aromatic nitrogens is 2. The first-order valence-corrected chi connectivity index (χ1v) is 10.9. The number of fused-ring (bicyclic) bond motifs is 1. The van der Waals surface area contributed by atoms with Crippen LogP contribution in [0.3, 0.4) is 0 Å². The lowest BCUT2D eigenvalue weighted by atomic mass is 10.1. The fourth-order valence-corrected chi connectivity index (χ4v) is 4.09. The lowest BCUT2D eigenvalue weighted by Gasteiger charge is -2.19. The maximum absolute atomic E-state index is 13.3. The number of hydrogen-bond acceptors (Lipinski definition) is 5. The summed E-state index contributed by atoms with van der Waals surface area (Å²) >= 11 is 1.65. The van der Waals surface area contributed by atoms with Gasteiger partial charge in [-0.25, -0.2) is 4.98 Å². The van der Waals surface area contributed by atoms with Crippen molar-refractivity contribution >= 4 is 28.6 Å². The Morgan fingerprint density at radius 1 is 1.23 bits per heavy atom. The molecule has 7 heteroatoms. The molecule has 0 saturated carbocycles. The number of imidazole rings is 1. The van der Waals surface area contributed by atoms with Gasteiger partial charge >= 0.3 is 0 Å². The fourth-order valence-electron chi connectivity index (χ4n) is 3.52. The van der Waals surface area contributed by atoms with Crippen LogP contribution in [-0.2, 0) is 12.8 Å². The number of carbonyl (C=O) groups excluding carboxylic acids is 1. The Kier molecular flexibility index (Phi) is 5.81. The highest BCUT2D eigenvalue weighted by molar-refractivity contribution is 7.97. The van der Waals surface area contributed by atoms with E-state index in [1.54, 1.807) is 25.1 Å². The molecule has 4 rings (SSSR count). The van der Waals surface area contributed by atoms with Crippen molar-refractivity contribution < 1.29 is 13.9 Å². The summed E-state index contributed by atoms with van der Waals surface area (Å²) in [5.74, 6) is 2.26. The van der Waals surface area contributed by atoms with E-state index < -0.39 is 6.04 Å². The van der Waals surface area contributed by atoms with E-state index >= 15 is 0 Å². The van der Waals surface area contributed by atoms with Crippen LogP contribution >= 0.6 is 11.8 Å². The quantitative estimate of drug-likeness (QED) is 0.474. The number of hydrogen-bond donors (Lipinski definition) is 1.